The number of ether oxygens (including phenoxy) is 1. The topological polar surface area (TPSA) is 79.7 Å². The molecule has 0 saturated heterocycles. The lowest BCUT2D eigenvalue weighted by Crippen LogP contribution is -2.45. The van der Waals surface area contributed by atoms with Gasteiger partial charge in [0.05, 0.1) is 12.2 Å². The van der Waals surface area contributed by atoms with Crippen molar-refractivity contribution < 1.29 is 40.7 Å². The zero-order chi connectivity index (χ0) is 28.6. The van der Waals surface area contributed by atoms with Gasteiger partial charge in [-0.1, -0.05) is 0 Å². The molecule has 14 heteroatoms. The van der Waals surface area contributed by atoms with Gasteiger partial charge in [0, 0.05) is 45.7 Å². The summed E-state index contributed by atoms with van der Waals surface area (Å²) in [6, 6.07) is -0.0906. The molecule has 0 radical (unpaired) electrons. The van der Waals surface area contributed by atoms with Crippen molar-refractivity contribution in [3.05, 3.63) is 46.7 Å². The zero-order valence-electron chi connectivity index (χ0n) is 21.5. The first-order valence-electron chi connectivity index (χ1n) is 11.7. The lowest BCUT2D eigenvalue weighted by molar-refractivity contribution is -0.148. The maximum Gasteiger partial charge on any atom is 0.449 e. The first kappa shape index (κ1) is 29.1. The van der Waals surface area contributed by atoms with E-state index in [0.717, 1.165) is 4.57 Å². The molecule has 1 aromatic carbocycles. The lowest BCUT2D eigenvalue weighted by atomic mass is 10.0. The third kappa shape index (κ3) is 6.90. The van der Waals surface area contributed by atoms with E-state index < -0.39 is 59.5 Å². The van der Waals surface area contributed by atoms with Crippen LogP contribution in [0.25, 0.3) is 0 Å². The number of fused-ring (bicyclic) bond motifs is 1. The molecule has 1 aliphatic rings. The fourth-order valence-electron chi connectivity index (χ4n) is 4.11. The number of alkyl halides is 3. The van der Waals surface area contributed by atoms with Crippen molar-refractivity contribution in [3.8, 4) is 0 Å². The molecule has 1 N–H and O–H groups in total. The second kappa shape index (κ2) is 10.7. The number of anilines is 1. The van der Waals surface area contributed by atoms with Crippen LogP contribution in [0, 0.1) is 17.5 Å². The summed E-state index contributed by atoms with van der Waals surface area (Å²) in [4.78, 5) is 32.0. The van der Waals surface area contributed by atoms with Gasteiger partial charge in [0.2, 0.25) is 11.7 Å². The maximum absolute atomic E-state index is 14.3. The average molecular weight is 550 g/mol. The Morgan fingerprint density at radius 1 is 1.08 bits per heavy atom. The summed E-state index contributed by atoms with van der Waals surface area (Å²) in [7, 11) is 3.06. The molecular weight excluding hydrogens is 520 g/mol. The summed E-state index contributed by atoms with van der Waals surface area (Å²) < 4.78 is 88.2. The Morgan fingerprint density at radius 3 is 2.29 bits per heavy atom. The number of benzene rings is 1. The summed E-state index contributed by atoms with van der Waals surface area (Å²) in [5.74, 6) is -5.32. The standard InChI is InChI=1S/C24H29F6N5O3/c1-23(2,3)38-22(37)31-14(8-13-9-16(26)17(27)11-15(13)25)10-19(36)34-6-7-35-18(12-34)20(33(4)5)32-21(35)24(28,29)30/h9,11,14H,6-8,10,12H2,1-5H3,(H,31,37). The van der Waals surface area contributed by atoms with Crippen LogP contribution in [0.2, 0.25) is 0 Å². The highest BCUT2D eigenvalue weighted by Gasteiger charge is 2.41. The van der Waals surface area contributed by atoms with Gasteiger partial charge in [-0.3, -0.25) is 4.79 Å². The normalized spacial score (nSPS) is 14.7. The minimum absolute atomic E-state index is 0.0575. The SMILES string of the molecule is CN(C)c1nc(C(F)(F)F)n2c1CN(C(=O)CC(Cc1cc(F)c(F)cc1F)NC(=O)OC(C)(C)C)CC2. The molecule has 2 heterocycles. The fourth-order valence-corrected chi connectivity index (χ4v) is 4.11. The molecule has 210 valence electrons. The Labute approximate surface area is 215 Å². The van der Waals surface area contributed by atoms with Gasteiger partial charge >= 0.3 is 12.3 Å². The van der Waals surface area contributed by atoms with Crippen molar-refractivity contribution in [3.63, 3.8) is 0 Å². The summed E-state index contributed by atoms with van der Waals surface area (Å²) in [5, 5.41) is 2.46. The van der Waals surface area contributed by atoms with Gasteiger partial charge in [0.25, 0.3) is 0 Å². The lowest BCUT2D eigenvalue weighted by Gasteiger charge is -2.31. The molecule has 2 amide bonds. The number of carbonyl (C=O) groups excluding carboxylic acids is 2. The van der Waals surface area contributed by atoms with Crippen molar-refractivity contribution in [1.82, 2.24) is 19.8 Å². The smallest absolute Gasteiger partial charge is 0.444 e. The number of carbonyl (C=O) groups is 2. The number of aromatic nitrogens is 2. The van der Waals surface area contributed by atoms with Gasteiger partial charge in [0.15, 0.2) is 17.5 Å². The van der Waals surface area contributed by atoms with Gasteiger partial charge in [-0.25, -0.2) is 22.9 Å². The van der Waals surface area contributed by atoms with Crippen molar-refractivity contribution in [2.24, 2.45) is 0 Å². The van der Waals surface area contributed by atoms with E-state index in [-0.39, 0.29) is 43.1 Å². The van der Waals surface area contributed by atoms with Crippen molar-refractivity contribution in [2.75, 3.05) is 25.5 Å². The van der Waals surface area contributed by atoms with Crippen LogP contribution >= 0.6 is 0 Å². The molecular formula is C24H29F6N5O3. The number of hydrogen-bond donors (Lipinski definition) is 1. The highest BCUT2D eigenvalue weighted by Crippen LogP contribution is 2.35. The molecule has 8 nitrogen and oxygen atoms in total. The predicted molar refractivity (Wildman–Crippen MR) is 125 cm³/mol. The third-order valence-corrected chi connectivity index (χ3v) is 5.71. The molecule has 0 fully saturated rings. The molecule has 1 aliphatic heterocycles. The van der Waals surface area contributed by atoms with Crippen LogP contribution in [0.4, 0.5) is 37.0 Å². The van der Waals surface area contributed by atoms with E-state index >= 15 is 0 Å². The number of imidazole rings is 1. The van der Waals surface area contributed by atoms with Crippen LogP contribution in [0.5, 0.6) is 0 Å². The third-order valence-electron chi connectivity index (χ3n) is 5.71. The first-order valence-corrected chi connectivity index (χ1v) is 11.7. The van der Waals surface area contributed by atoms with Crippen LogP contribution in [0.15, 0.2) is 12.1 Å². The fraction of sp³-hybridized carbons (Fsp3) is 0.542. The highest BCUT2D eigenvalue weighted by atomic mass is 19.4. The Kier molecular flexibility index (Phi) is 8.22. The first-order chi connectivity index (χ1) is 17.5. The van der Waals surface area contributed by atoms with E-state index in [2.05, 4.69) is 10.3 Å². The van der Waals surface area contributed by atoms with Crippen LogP contribution in [0.3, 0.4) is 0 Å². The Hall–Kier alpha value is -3.45. The number of halogens is 6. The Bertz CT molecular complexity index is 1210. The largest absolute Gasteiger partial charge is 0.449 e. The summed E-state index contributed by atoms with van der Waals surface area (Å²) >= 11 is 0. The Balaban J connectivity index is 1.84. The molecule has 38 heavy (non-hydrogen) atoms. The van der Waals surface area contributed by atoms with E-state index in [4.69, 9.17) is 4.74 Å². The molecule has 0 bridgehead atoms. The molecule has 1 atom stereocenters. The molecule has 1 unspecified atom stereocenters. The minimum atomic E-state index is -4.69. The van der Waals surface area contributed by atoms with Crippen molar-refractivity contribution in [2.45, 2.75) is 64.5 Å². The Morgan fingerprint density at radius 2 is 1.71 bits per heavy atom. The van der Waals surface area contributed by atoms with E-state index in [1.54, 1.807) is 20.8 Å². The summed E-state index contributed by atoms with van der Waals surface area (Å²) in [6.07, 6.45) is -6.39. The van der Waals surface area contributed by atoms with Gasteiger partial charge < -0.3 is 24.4 Å². The quantitative estimate of drug-likeness (QED) is 0.431. The van der Waals surface area contributed by atoms with Crippen LogP contribution in [0.1, 0.15) is 44.3 Å². The number of amides is 2. The summed E-state index contributed by atoms with van der Waals surface area (Å²) in [5.41, 5.74) is -0.986. The molecule has 3 rings (SSSR count). The minimum Gasteiger partial charge on any atom is -0.444 e. The zero-order valence-corrected chi connectivity index (χ0v) is 21.5. The molecule has 0 saturated carbocycles. The second-order valence-corrected chi connectivity index (χ2v) is 10.2. The highest BCUT2D eigenvalue weighted by molar-refractivity contribution is 5.78. The van der Waals surface area contributed by atoms with Crippen molar-refractivity contribution >= 4 is 17.8 Å². The van der Waals surface area contributed by atoms with E-state index in [1.807, 2.05) is 0 Å². The van der Waals surface area contributed by atoms with Gasteiger partial charge in [-0.15, -0.1) is 0 Å². The monoisotopic (exact) mass is 549 g/mol. The second-order valence-electron chi connectivity index (χ2n) is 10.2. The molecule has 2 aromatic rings. The van der Waals surface area contributed by atoms with Crippen LogP contribution in [-0.2, 0) is 35.2 Å². The average Bonchev–Trinajstić information content (AvgIpc) is 3.15. The number of nitrogens with one attached hydrogen (secondary N) is 1. The van der Waals surface area contributed by atoms with E-state index in [9.17, 15) is 35.9 Å². The van der Waals surface area contributed by atoms with E-state index in [0.29, 0.717) is 12.1 Å². The molecule has 1 aromatic heterocycles. The van der Waals surface area contributed by atoms with Gasteiger partial charge in [-0.05, 0) is 38.8 Å². The summed E-state index contributed by atoms with van der Waals surface area (Å²) in [6.45, 7) is 4.40. The van der Waals surface area contributed by atoms with Crippen molar-refractivity contribution in [1.29, 1.82) is 0 Å². The van der Waals surface area contributed by atoms with Gasteiger partial charge in [-0.2, -0.15) is 13.2 Å². The predicted octanol–water partition coefficient (Wildman–Crippen LogP) is 4.25. The van der Waals surface area contributed by atoms with Gasteiger partial charge in [0.1, 0.15) is 11.4 Å². The number of rotatable bonds is 6. The number of alkyl carbamates (subject to hydrolysis) is 1. The van der Waals surface area contributed by atoms with Crippen LogP contribution < -0.4 is 10.2 Å². The maximum atomic E-state index is 14.3. The molecule has 0 spiro atoms. The molecule has 0 aliphatic carbocycles. The number of hydrogen-bond acceptors (Lipinski definition) is 5. The van der Waals surface area contributed by atoms with Crippen LogP contribution in [-0.4, -0.2) is 58.7 Å². The number of nitrogens with zero attached hydrogens (tertiary/aromatic N) is 4. The van der Waals surface area contributed by atoms with E-state index in [1.165, 1.54) is 23.9 Å².